The van der Waals surface area contributed by atoms with Gasteiger partial charge in [-0.25, -0.2) is 0 Å². The molecule has 0 heterocycles. The summed E-state index contributed by atoms with van der Waals surface area (Å²) in [6, 6.07) is 2.09. The van der Waals surface area contributed by atoms with E-state index >= 15 is 0 Å². The molecule has 0 aliphatic carbocycles. The molecule has 1 N–H and O–H groups in total. The van der Waals surface area contributed by atoms with E-state index in [9.17, 15) is 9.59 Å². The molecule has 0 saturated heterocycles. The molecule has 0 bridgehead atoms. The summed E-state index contributed by atoms with van der Waals surface area (Å²) in [5, 5.41) is 8.75. The Balaban J connectivity index is 3.03. The molecule has 0 amide bonds. The maximum Gasteiger partial charge on any atom is 0.303 e. The fourth-order valence-electron chi connectivity index (χ4n) is 2.42. The van der Waals surface area contributed by atoms with E-state index in [1.165, 1.54) is 0 Å². The number of aryl methyl sites for hydroxylation is 2. The van der Waals surface area contributed by atoms with Crippen LogP contribution < -0.4 is 0 Å². The Labute approximate surface area is 114 Å². The Kier molecular flexibility index (Phi) is 4.87. The summed E-state index contributed by atoms with van der Waals surface area (Å²) < 4.78 is 0. The number of Topliss-reactive ketones (excluding diaryl/α,β-unsaturated/α-hetero) is 1. The van der Waals surface area contributed by atoms with Crippen molar-refractivity contribution in [3.63, 3.8) is 0 Å². The van der Waals surface area contributed by atoms with Gasteiger partial charge >= 0.3 is 5.97 Å². The predicted molar refractivity (Wildman–Crippen MR) is 75.8 cm³/mol. The van der Waals surface area contributed by atoms with Crippen molar-refractivity contribution in [3.05, 3.63) is 33.9 Å². The average Bonchev–Trinajstić information content (AvgIpc) is 2.25. The fourth-order valence-corrected chi connectivity index (χ4v) is 2.42. The van der Waals surface area contributed by atoms with E-state index in [1.807, 2.05) is 27.7 Å². The summed E-state index contributed by atoms with van der Waals surface area (Å²) in [6.45, 7) is 9.71. The molecule has 0 aromatic heterocycles. The smallest absolute Gasteiger partial charge is 0.303 e. The maximum absolute atomic E-state index is 12.4. The number of aliphatic carboxylic acids is 1. The number of rotatable bonds is 5. The van der Waals surface area contributed by atoms with E-state index in [2.05, 4.69) is 6.07 Å². The normalized spacial score (nSPS) is 12.3. The third-order valence-electron chi connectivity index (χ3n) is 3.70. The summed E-state index contributed by atoms with van der Waals surface area (Å²) in [7, 11) is 0. The van der Waals surface area contributed by atoms with E-state index in [1.54, 1.807) is 6.92 Å². The highest BCUT2D eigenvalue weighted by atomic mass is 16.4. The lowest BCUT2D eigenvalue weighted by molar-refractivity contribution is -0.137. The monoisotopic (exact) mass is 262 g/mol. The van der Waals surface area contributed by atoms with Gasteiger partial charge in [0.15, 0.2) is 5.78 Å². The number of benzene rings is 1. The van der Waals surface area contributed by atoms with Gasteiger partial charge in [-0.15, -0.1) is 0 Å². The molecule has 104 valence electrons. The Morgan fingerprint density at radius 3 is 1.95 bits per heavy atom. The van der Waals surface area contributed by atoms with Crippen molar-refractivity contribution in [3.8, 4) is 0 Å². The van der Waals surface area contributed by atoms with Crippen LogP contribution in [0.5, 0.6) is 0 Å². The van der Waals surface area contributed by atoms with Crippen molar-refractivity contribution >= 4 is 11.8 Å². The molecule has 1 atom stereocenters. The van der Waals surface area contributed by atoms with Gasteiger partial charge in [-0.1, -0.05) is 13.0 Å². The zero-order valence-corrected chi connectivity index (χ0v) is 12.3. The van der Waals surface area contributed by atoms with E-state index in [-0.39, 0.29) is 24.5 Å². The highest BCUT2D eigenvalue weighted by Crippen LogP contribution is 2.24. The largest absolute Gasteiger partial charge is 0.481 e. The number of hydrogen-bond donors (Lipinski definition) is 1. The first-order valence-corrected chi connectivity index (χ1v) is 6.56. The highest BCUT2D eigenvalue weighted by Gasteiger charge is 2.19. The SMILES string of the molecule is Cc1cc(C)c(C)c(C(=O)CC(C)CC(=O)O)c1C. The van der Waals surface area contributed by atoms with Gasteiger partial charge in [0.2, 0.25) is 0 Å². The van der Waals surface area contributed by atoms with Crippen LogP contribution in [-0.4, -0.2) is 16.9 Å². The summed E-state index contributed by atoms with van der Waals surface area (Å²) in [5.74, 6) is -0.936. The summed E-state index contributed by atoms with van der Waals surface area (Å²) in [6.07, 6.45) is 0.325. The molecule has 0 saturated carbocycles. The van der Waals surface area contributed by atoms with Crippen molar-refractivity contribution in [2.75, 3.05) is 0 Å². The van der Waals surface area contributed by atoms with E-state index in [0.717, 1.165) is 27.8 Å². The highest BCUT2D eigenvalue weighted by molar-refractivity contribution is 5.99. The van der Waals surface area contributed by atoms with Crippen LogP contribution in [0.2, 0.25) is 0 Å². The minimum atomic E-state index is -0.853. The molecule has 3 heteroatoms. The van der Waals surface area contributed by atoms with Gasteiger partial charge in [0, 0.05) is 18.4 Å². The third-order valence-corrected chi connectivity index (χ3v) is 3.70. The molecule has 1 rings (SSSR count). The second kappa shape index (κ2) is 6.00. The molecule has 0 radical (unpaired) electrons. The minimum Gasteiger partial charge on any atom is -0.481 e. The van der Waals surface area contributed by atoms with E-state index < -0.39 is 5.97 Å². The number of carboxylic acids is 1. The molecular formula is C16H22O3. The van der Waals surface area contributed by atoms with Crippen molar-refractivity contribution in [1.82, 2.24) is 0 Å². The zero-order chi connectivity index (χ0) is 14.7. The van der Waals surface area contributed by atoms with Crippen LogP contribution in [0.1, 0.15) is 52.4 Å². The van der Waals surface area contributed by atoms with E-state index in [0.29, 0.717) is 0 Å². The van der Waals surface area contributed by atoms with Gasteiger partial charge in [-0.05, 0) is 55.9 Å². The first-order chi connectivity index (χ1) is 8.73. The molecule has 1 unspecified atom stereocenters. The number of carbonyl (C=O) groups is 2. The summed E-state index contributed by atoms with van der Waals surface area (Å²) in [4.78, 5) is 23.0. The number of carboxylic acid groups (broad SMARTS) is 1. The fraction of sp³-hybridized carbons (Fsp3) is 0.500. The lowest BCUT2D eigenvalue weighted by Gasteiger charge is -2.16. The van der Waals surface area contributed by atoms with Gasteiger partial charge in [-0.3, -0.25) is 9.59 Å². The molecule has 0 fully saturated rings. The average molecular weight is 262 g/mol. The van der Waals surface area contributed by atoms with Gasteiger partial charge in [0.1, 0.15) is 0 Å². The summed E-state index contributed by atoms with van der Waals surface area (Å²) in [5.41, 5.74) is 5.01. The van der Waals surface area contributed by atoms with Gasteiger partial charge < -0.3 is 5.11 Å². The quantitative estimate of drug-likeness (QED) is 0.825. The van der Waals surface area contributed by atoms with Crippen molar-refractivity contribution in [2.45, 2.75) is 47.5 Å². The van der Waals surface area contributed by atoms with Crippen LogP contribution >= 0.6 is 0 Å². The minimum absolute atomic E-state index is 0.0363. The zero-order valence-electron chi connectivity index (χ0n) is 12.3. The Morgan fingerprint density at radius 1 is 1.05 bits per heavy atom. The Bertz CT molecular complexity index is 489. The first-order valence-electron chi connectivity index (χ1n) is 6.56. The number of ketones is 1. The van der Waals surface area contributed by atoms with Crippen LogP contribution in [0.3, 0.4) is 0 Å². The number of hydrogen-bond acceptors (Lipinski definition) is 2. The molecule has 1 aromatic carbocycles. The lowest BCUT2D eigenvalue weighted by Crippen LogP contribution is -2.13. The summed E-state index contributed by atoms with van der Waals surface area (Å²) >= 11 is 0. The Hall–Kier alpha value is -1.64. The van der Waals surface area contributed by atoms with Crippen LogP contribution in [0.4, 0.5) is 0 Å². The molecule has 3 nitrogen and oxygen atoms in total. The van der Waals surface area contributed by atoms with Crippen molar-refractivity contribution < 1.29 is 14.7 Å². The van der Waals surface area contributed by atoms with E-state index in [4.69, 9.17) is 5.11 Å². The first kappa shape index (κ1) is 15.4. The maximum atomic E-state index is 12.4. The lowest BCUT2D eigenvalue weighted by atomic mass is 9.88. The van der Waals surface area contributed by atoms with Gasteiger partial charge in [-0.2, -0.15) is 0 Å². The van der Waals surface area contributed by atoms with Crippen LogP contribution in [0.15, 0.2) is 6.07 Å². The van der Waals surface area contributed by atoms with Crippen molar-refractivity contribution in [1.29, 1.82) is 0 Å². The van der Waals surface area contributed by atoms with Crippen molar-refractivity contribution in [2.24, 2.45) is 5.92 Å². The molecule has 0 aliphatic rings. The van der Waals surface area contributed by atoms with Gasteiger partial charge in [0.05, 0.1) is 0 Å². The third kappa shape index (κ3) is 3.66. The predicted octanol–water partition coefficient (Wildman–Crippen LogP) is 3.60. The number of carbonyl (C=O) groups excluding carboxylic acids is 1. The molecule has 1 aromatic rings. The second-order valence-electron chi connectivity index (χ2n) is 5.47. The van der Waals surface area contributed by atoms with Crippen LogP contribution in [0.25, 0.3) is 0 Å². The topological polar surface area (TPSA) is 54.4 Å². The second-order valence-corrected chi connectivity index (χ2v) is 5.47. The molecule has 0 spiro atoms. The van der Waals surface area contributed by atoms with Crippen LogP contribution in [0, 0.1) is 33.6 Å². The molecule has 0 aliphatic heterocycles. The van der Waals surface area contributed by atoms with Gasteiger partial charge in [0.25, 0.3) is 0 Å². The standard InChI is InChI=1S/C16H22O3/c1-9(7-15(18)19)6-14(17)16-12(4)10(2)8-11(3)13(16)5/h8-9H,6-7H2,1-5H3,(H,18,19). The van der Waals surface area contributed by atoms with Crippen LogP contribution in [-0.2, 0) is 4.79 Å². The Morgan fingerprint density at radius 2 is 1.53 bits per heavy atom. The molecule has 19 heavy (non-hydrogen) atoms. The molecular weight excluding hydrogens is 240 g/mol.